The third kappa shape index (κ3) is 2.18. The van der Waals surface area contributed by atoms with Crippen molar-refractivity contribution in [3.8, 4) is 0 Å². The summed E-state index contributed by atoms with van der Waals surface area (Å²) in [7, 11) is 0. The molecule has 0 aromatic carbocycles. The van der Waals surface area contributed by atoms with E-state index >= 15 is 0 Å². The summed E-state index contributed by atoms with van der Waals surface area (Å²) in [5, 5.41) is 11.8. The minimum Gasteiger partial charge on any atom is -0.450 e. The van der Waals surface area contributed by atoms with Crippen molar-refractivity contribution < 1.29 is 14.6 Å². The van der Waals surface area contributed by atoms with Crippen LogP contribution in [0.5, 0.6) is 0 Å². The molecule has 1 saturated carbocycles. The summed E-state index contributed by atoms with van der Waals surface area (Å²) in [5.41, 5.74) is 0. The molecule has 0 aromatic rings. The van der Waals surface area contributed by atoms with Crippen LogP contribution in [0.4, 0.5) is 4.79 Å². The molecule has 0 spiro atoms. The van der Waals surface area contributed by atoms with Gasteiger partial charge in [0.1, 0.15) is 0 Å². The summed E-state index contributed by atoms with van der Waals surface area (Å²) in [6, 6.07) is 0.488. The lowest BCUT2D eigenvalue weighted by Gasteiger charge is -2.39. The molecule has 2 fully saturated rings. The molecule has 3 unspecified atom stereocenters. The topological polar surface area (TPSA) is 58.6 Å². The van der Waals surface area contributed by atoms with Gasteiger partial charge >= 0.3 is 6.16 Å². The van der Waals surface area contributed by atoms with Gasteiger partial charge in [0.2, 0.25) is 0 Å². The van der Waals surface area contributed by atoms with E-state index in [-0.39, 0.29) is 6.23 Å². The van der Waals surface area contributed by atoms with Crippen LogP contribution in [0.2, 0.25) is 0 Å². The van der Waals surface area contributed by atoms with Gasteiger partial charge in [-0.15, -0.1) is 0 Å². The second-order valence-corrected chi connectivity index (χ2v) is 4.27. The highest BCUT2D eigenvalue weighted by molar-refractivity contribution is 5.57. The molecule has 0 radical (unpaired) electrons. The Morgan fingerprint density at radius 2 is 2.00 bits per heavy atom. The van der Waals surface area contributed by atoms with Gasteiger partial charge in [0, 0.05) is 6.04 Å². The Hall–Kier alpha value is -0.770. The van der Waals surface area contributed by atoms with Crippen LogP contribution >= 0.6 is 0 Å². The van der Waals surface area contributed by atoms with Crippen LogP contribution in [0.15, 0.2) is 0 Å². The van der Waals surface area contributed by atoms with E-state index in [1.807, 2.05) is 0 Å². The second kappa shape index (κ2) is 4.17. The zero-order valence-corrected chi connectivity index (χ0v) is 8.24. The van der Waals surface area contributed by atoms with Gasteiger partial charge in [-0.25, -0.2) is 4.79 Å². The van der Waals surface area contributed by atoms with Crippen molar-refractivity contribution in [1.29, 1.82) is 0 Å². The summed E-state index contributed by atoms with van der Waals surface area (Å²) in [4.78, 5) is 10.4. The van der Waals surface area contributed by atoms with Gasteiger partial charge in [0.15, 0.2) is 6.23 Å². The molecular formula is C10H17NO3. The summed E-state index contributed by atoms with van der Waals surface area (Å²) in [6.45, 7) is 0. The normalized spacial score (nSPS) is 37.3. The lowest BCUT2D eigenvalue weighted by atomic mass is 9.79. The Labute approximate surface area is 83.6 Å². The molecule has 0 amide bonds. The number of hydrogen-bond donors (Lipinski definition) is 2. The molecular weight excluding hydrogens is 182 g/mol. The van der Waals surface area contributed by atoms with Crippen molar-refractivity contribution >= 4 is 6.16 Å². The number of nitrogens with one attached hydrogen (secondary N) is 1. The molecule has 1 aliphatic carbocycles. The molecule has 2 aliphatic rings. The predicted octanol–water partition coefficient (Wildman–Crippen LogP) is 1.95. The standard InChI is InChI=1S/C10H17NO3/c12-10(13)14-9-6-5-7-3-1-2-4-8(7)11-9/h7-9,11H,1-6H2,(H,12,13). The SMILES string of the molecule is O=C(O)OC1CCC2CCCCC2N1. The van der Waals surface area contributed by atoms with E-state index in [0.717, 1.165) is 18.8 Å². The first-order chi connectivity index (χ1) is 6.75. The van der Waals surface area contributed by atoms with Crippen molar-refractivity contribution in [1.82, 2.24) is 5.32 Å². The fourth-order valence-corrected chi connectivity index (χ4v) is 2.67. The van der Waals surface area contributed by atoms with E-state index in [4.69, 9.17) is 9.84 Å². The molecule has 2 N–H and O–H groups in total. The largest absolute Gasteiger partial charge is 0.507 e. The molecule has 4 heteroatoms. The minimum absolute atomic E-state index is 0.271. The third-order valence-corrected chi connectivity index (χ3v) is 3.35. The Kier molecular flexibility index (Phi) is 2.91. The van der Waals surface area contributed by atoms with Gasteiger partial charge in [-0.1, -0.05) is 12.8 Å². The summed E-state index contributed by atoms with van der Waals surface area (Å²) in [6.07, 6.45) is 5.54. The van der Waals surface area contributed by atoms with Gasteiger partial charge in [-0.3, -0.25) is 5.32 Å². The number of piperidine rings is 1. The molecule has 1 saturated heterocycles. The van der Waals surface area contributed by atoms with E-state index in [1.165, 1.54) is 25.7 Å². The molecule has 14 heavy (non-hydrogen) atoms. The van der Waals surface area contributed by atoms with E-state index in [1.54, 1.807) is 0 Å². The molecule has 0 aromatic heterocycles. The highest BCUT2D eigenvalue weighted by Crippen LogP contribution is 2.32. The number of fused-ring (bicyclic) bond motifs is 1. The van der Waals surface area contributed by atoms with Gasteiger partial charge in [-0.05, 0) is 31.6 Å². The second-order valence-electron chi connectivity index (χ2n) is 4.27. The Bertz CT molecular complexity index is 219. The monoisotopic (exact) mass is 199 g/mol. The summed E-state index contributed by atoms with van der Waals surface area (Å²) in [5.74, 6) is 0.748. The van der Waals surface area contributed by atoms with Crippen LogP contribution in [0, 0.1) is 5.92 Å². The van der Waals surface area contributed by atoms with Crippen LogP contribution in [0.25, 0.3) is 0 Å². The Morgan fingerprint density at radius 3 is 2.79 bits per heavy atom. The minimum atomic E-state index is -1.17. The average molecular weight is 199 g/mol. The van der Waals surface area contributed by atoms with Crippen molar-refractivity contribution in [2.75, 3.05) is 0 Å². The molecule has 1 heterocycles. The van der Waals surface area contributed by atoms with E-state index in [2.05, 4.69) is 5.32 Å². The number of carbonyl (C=O) groups is 1. The molecule has 3 atom stereocenters. The van der Waals surface area contributed by atoms with Crippen molar-refractivity contribution in [3.05, 3.63) is 0 Å². The van der Waals surface area contributed by atoms with Crippen LogP contribution in [0.3, 0.4) is 0 Å². The van der Waals surface area contributed by atoms with Crippen LogP contribution in [-0.2, 0) is 4.74 Å². The van der Waals surface area contributed by atoms with Gasteiger partial charge in [-0.2, -0.15) is 0 Å². The van der Waals surface area contributed by atoms with Crippen molar-refractivity contribution in [2.45, 2.75) is 50.8 Å². The zero-order chi connectivity index (χ0) is 9.97. The smallest absolute Gasteiger partial charge is 0.450 e. The predicted molar refractivity (Wildman–Crippen MR) is 51.0 cm³/mol. The summed E-state index contributed by atoms with van der Waals surface area (Å²) < 4.78 is 4.75. The highest BCUT2D eigenvalue weighted by atomic mass is 16.7. The summed E-state index contributed by atoms with van der Waals surface area (Å²) >= 11 is 0. The average Bonchev–Trinajstić information content (AvgIpc) is 2.17. The number of hydrogen-bond acceptors (Lipinski definition) is 3. The number of ether oxygens (including phenoxy) is 1. The molecule has 4 nitrogen and oxygen atoms in total. The van der Waals surface area contributed by atoms with Crippen LogP contribution < -0.4 is 5.32 Å². The first kappa shape index (κ1) is 9.77. The van der Waals surface area contributed by atoms with Gasteiger partial charge < -0.3 is 9.84 Å². The fourth-order valence-electron chi connectivity index (χ4n) is 2.67. The lowest BCUT2D eigenvalue weighted by molar-refractivity contribution is -0.00325. The zero-order valence-electron chi connectivity index (χ0n) is 8.24. The highest BCUT2D eigenvalue weighted by Gasteiger charge is 2.32. The number of carboxylic acid groups (broad SMARTS) is 1. The third-order valence-electron chi connectivity index (χ3n) is 3.35. The maximum atomic E-state index is 10.4. The van der Waals surface area contributed by atoms with E-state index in [9.17, 15) is 4.79 Å². The Balaban J connectivity index is 1.86. The quantitative estimate of drug-likeness (QED) is 0.634. The first-order valence-electron chi connectivity index (χ1n) is 5.41. The first-order valence-corrected chi connectivity index (χ1v) is 5.41. The lowest BCUT2D eigenvalue weighted by Crippen LogP contribution is -2.50. The van der Waals surface area contributed by atoms with Crippen LogP contribution in [-0.4, -0.2) is 23.5 Å². The number of rotatable bonds is 1. The molecule has 0 bridgehead atoms. The van der Waals surface area contributed by atoms with Crippen molar-refractivity contribution in [2.24, 2.45) is 5.92 Å². The van der Waals surface area contributed by atoms with Crippen molar-refractivity contribution in [3.63, 3.8) is 0 Å². The molecule has 1 aliphatic heterocycles. The van der Waals surface area contributed by atoms with Gasteiger partial charge in [0.25, 0.3) is 0 Å². The maximum Gasteiger partial charge on any atom is 0.507 e. The molecule has 2 rings (SSSR count). The van der Waals surface area contributed by atoms with Crippen LogP contribution in [0.1, 0.15) is 38.5 Å². The fraction of sp³-hybridized carbons (Fsp3) is 0.900. The Morgan fingerprint density at radius 1 is 1.21 bits per heavy atom. The van der Waals surface area contributed by atoms with E-state index < -0.39 is 6.16 Å². The van der Waals surface area contributed by atoms with E-state index in [0.29, 0.717) is 6.04 Å². The van der Waals surface area contributed by atoms with Gasteiger partial charge in [0.05, 0.1) is 0 Å². The molecule has 80 valence electrons. The maximum absolute atomic E-state index is 10.4.